The number of amides is 1. The van der Waals surface area contributed by atoms with Crippen LogP contribution in [0.2, 0.25) is 0 Å². The summed E-state index contributed by atoms with van der Waals surface area (Å²) in [6.45, 7) is 4.34. The van der Waals surface area contributed by atoms with Crippen LogP contribution in [-0.2, 0) is 4.79 Å². The summed E-state index contributed by atoms with van der Waals surface area (Å²) in [5.41, 5.74) is 1.79. The Balaban J connectivity index is 1.90. The van der Waals surface area contributed by atoms with Crippen LogP contribution in [-0.4, -0.2) is 32.3 Å². The lowest BCUT2D eigenvalue weighted by Crippen LogP contribution is -2.29. The Hall–Kier alpha value is -2.02. The van der Waals surface area contributed by atoms with Crippen LogP contribution in [0.25, 0.3) is 0 Å². The van der Waals surface area contributed by atoms with Gasteiger partial charge in [-0.3, -0.25) is 9.78 Å². The maximum atomic E-state index is 11.7. The van der Waals surface area contributed by atoms with E-state index in [1.165, 1.54) is 11.3 Å². The van der Waals surface area contributed by atoms with Crippen molar-refractivity contribution in [2.45, 2.75) is 32.7 Å². The third-order valence-electron chi connectivity index (χ3n) is 3.54. The van der Waals surface area contributed by atoms with Crippen LogP contribution in [0.3, 0.4) is 0 Å². The molecule has 0 aliphatic carbocycles. The Bertz CT molecular complexity index is 656. The van der Waals surface area contributed by atoms with Crippen molar-refractivity contribution in [3.05, 3.63) is 29.2 Å². The number of nitrogens with zero attached hydrogens (tertiary/aromatic N) is 4. The van der Waals surface area contributed by atoms with Gasteiger partial charge in [0.1, 0.15) is 5.69 Å². The van der Waals surface area contributed by atoms with Gasteiger partial charge in [-0.25, -0.2) is 9.97 Å². The molecule has 3 heterocycles. The second kappa shape index (κ2) is 5.77. The summed E-state index contributed by atoms with van der Waals surface area (Å²) in [5.74, 6) is 0.768. The fourth-order valence-electron chi connectivity index (χ4n) is 2.63. The van der Waals surface area contributed by atoms with E-state index in [4.69, 9.17) is 0 Å². The number of carbonyl (C=O) groups is 1. The molecule has 3 rings (SSSR count). The van der Waals surface area contributed by atoms with E-state index in [0.717, 1.165) is 35.9 Å². The van der Waals surface area contributed by atoms with Crippen molar-refractivity contribution in [1.82, 2.24) is 19.9 Å². The molecular weight excluding hydrogens is 286 g/mol. The Labute approximate surface area is 127 Å². The molecule has 0 radical (unpaired) electrons. The van der Waals surface area contributed by atoms with Crippen LogP contribution >= 0.6 is 11.3 Å². The summed E-state index contributed by atoms with van der Waals surface area (Å²) in [6.07, 6.45) is 5.24. The number of nitrogens with one attached hydrogen (secondary N) is 1. The highest BCUT2D eigenvalue weighted by molar-refractivity contribution is 7.13. The molecule has 1 N–H and O–H groups in total. The Morgan fingerprint density at radius 1 is 1.43 bits per heavy atom. The molecule has 1 aliphatic heterocycles. The normalized spacial score (nSPS) is 18.0. The lowest BCUT2D eigenvalue weighted by molar-refractivity contribution is -0.129. The van der Waals surface area contributed by atoms with Crippen molar-refractivity contribution in [3.63, 3.8) is 0 Å². The molecule has 2 aromatic rings. The standard InChI is InChI=1S/C14H17N5OS/c1-9-8-21-14(17-9)18-13-12(15-5-6-16-13)11-4-3-7-19(11)10(2)20/h5-6,8,11H,3-4,7H2,1-2H3,(H,16,17,18). The molecule has 21 heavy (non-hydrogen) atoms. The van der Waals surface area contributed by atoms with E-state index in [-0.39, 0.29) is 11.9 Å². The number of anilines is 2. The molecule has 110 valence electrons. The molecule has 0 saturated carbocycles. The van der Waals surface area contributed by atoms with Gasteiger partial charge in [0.15, 0.2) is 10.9 Å². The van der Waals surface area contributed by atoms with E-state index in [9.17, 15) is 4.79 Å². The summed E-state index contributed by atoms with van der Waals surface area (Å²) in [4.78, 5) is 26.8. The van der Waals surface area contributed by atoms with Gasteiger partial charge in [0.2, 0.25) is 5.91 Å². The monoisotopic (exact) mass is 303 g/mol. The predicted molar refractivity (Wildman–Crippen MR) is 81.5 cm³/mol. The molecule has 1 aliphatic rings. The van der Waals surface area contributed by atoms with Gasteiger partial charge in [0, 0.05) is 31.2 Å². The SMILES string of the molecule is CC(=O)N1CCCC1c1nccnc1Nc1nc(C)cs1. The Morgan fingerprint density at radius 3 is 2.95 bits per heavy atom. The molecule has 0 aromatic carbocycles. The van der Waals surface area contributed by atoms with Gasteiger partial charge >= 0.3 is 0 Å². The van der Waals surface area contributed by atoms with E-state index in [1.54, 1.807) is 19.3 Å². The first-order valence-electron chi connectivity index (χ1n) is 6.92. The van der Waals surface area contributed by atoms with Crippen molar-refractivity contribution < 1.29 is 4.79 Å². The highest BCUT2D eigenvalue weighted by Crippen LogP contribution is 2.34. The van der Waals surface area contributed by atoms with Crippen molar-refractivity contribution in [2.24, 2.45) is 0 Å². The number of rotatable bonds is 3. The van der Waals surface area contributed by atoms with Crippen LogP contribution in [0.4, 0.5) is 10.9 Å². The average molecular weight is 303 g/mol. The largest absolute Gasteiger partial charge is 0.334 e. The quantitative estimate of drug-likeness (QED) is 0.944. The maximum absolute atomic E-state index is 11.7. The number of hydrogen-bond acceptors (Lipinski definition) is 6. The minimum absolute atomic E-state index is 0.000223. The zero-order valence-corrected chi connectivity index (χ0v) is 12.9. The molecule has 1 saturated heterocycles. The van der Waals surface area contributed by atoms with Crippen LogP contribution in [0.5, 0.6) is 0 Å². The summed E-state index contributed by atoms with van der Waals surface area (Å²) in [5, 5.41) is 6.00. The molecule has 1 unspecified atom stereocenters. The molecular formula is C14H17N5OS. The van der Waals surface area contributed by atoms with Gasteiger partial charge < -0.3 is 10.2 Å². The smallest absolute Gasteiger partial charge is 0.220 e. The van der Waals surface area contributed by atoms with Gasteiger partial charge in [-0.15, -0.1) is 11.3 Å². The lowest BCUT2D eigenvalue weighted by atomic mass is 10.1. The van der Waals surface area contributed by atoms with Crippen molar-refractivity contribution >= 4 is 28.2 Å². The molecule has 6 nitrogen and oxygen atoms in total. The van der Waals surface area contributed by atoms with Crippen molar-refractivity contribution in [3.8, 4) is 0 Å². The molecule has 1 amide bonds. The first-order chi connectivity index (χ1) is 10.1. The van der Waals surface area contributed by atoms with E-state index >= 15 is 0 Å². The number of hydrogen-bond donors (Lipinski definition) is 1. The van der Waals surface area contributed by atoms with Crippen LogP contribution in [0.15, 0.2) is 17.8 Å². The number of thiazole rings is 1. The fourth-order valence-corrected chi connectivity index (χ4v) is 3.32. The fraction of sp³-hybridized carbons (Fsp3) is 0.429. The second-order valence-corrected chi connectivity index (χ2v) is 5.94. The van der Waals surface area contributed by atoms with Crippen LogP contribution < -0.4 is 5.32 Å². The minimum atomic E-state index is -0.000223. The summed E-state index contributed by atoms with van der Waals surface area (Å²) < 4.78 is 0. The maximum Gasteiger partial charge on any atom is 0.220 e. The van der Waals surface area contributed by atoms with Crippen molar-refractivity contribution in [2.75, 3.05) is 11.9 Å². The molecule has 0 bridgehead atoms. The van der Waals surface area contributed by atoms with Gasteiger partial charge in [-0.05, 0) is 19.8 Å². The van der Waals surface area contributed by atoms with E-state index < -0.39 is 0 Å². The van der Waals surface area contributed by atoms with Gasteiger partial charge in [0.25, 0.3) is 0 Å². The Kier molecular flexibility index (Phi) is 3.83. The van der Waals surface area contributed by atoms with E-state index in [0.29, 0.717) is 5.82 Å². The minimum Gasteiger partial charge on any atom is -0.334 e. The van der Waals surface area contributed by atoms with Gasteiger partial charge in [-0.1, -0.05) is 0 Å². The highest BCUT2D eigenvalue weighted by Gasteiger charge is 2.31. The topological polar surface area (TPSA) is 71.0 Å². The zero-order chi connectivity index (χ0) is 14.8. The summed E-state index contributed by atoms with van der Waals surface area (Å²) in [6, 6.07) is -0.000223. The van der Waals surface area contributed by atoms with Crippen LogP contribution in [0.1, 0.15) is 37.2 Å². The molecule has 0 spiro atoms. The average Bonchev–Trinajstić information content (AvgIpc) is 3.08. The Morgan fingerprint density at radius 2 is 2.24 bits per heavy atom. The number of aryl methyl sites for hydroxylation is 1. The molecule has 7 heteroatoms. The number of likely N-dealkylation sites (tertiary alicyclic amines) is 1. The number of carbonyl (C=O) groups excluding carboxylic acids is 1. The molecule has 2 aromatic heterocycles. The number of aromatic nitrogens is 3. The van der Waals surface area contributed by atoms with Gasteiger partial charge in [0.05, 0.1) is 11.7 Å². The third-order valence-corrected chi connectivity index (χ3v) is 4.42. The molecule has 1 fully saturated rings. The molecule has 1 atom stereocenters. The highest BCUT2D eigenvalue weighted by atomic mass is 32.1. The van der Waals surface area contributed by atoms with E-state index in [2.05, 4.69) is 20.3 Å². The van der Waals surface area contributed by atoms with Crippen molar-refractivity contribution in [1.29, 1.82) is 0 Å². The van der Waals surface area contributed by atoms with Gasteiger partial charge in [-0.2, -0.15) is 0 Å². The summed E-state index contributed by atoms with van der Waals surface area (Å²) >= 11 is 1.53. The van der Waals surface area contributed by atoms with E-state index in [1.807, 2.05) is 17.2 Å². The lowest BCUT2D eigenvalue weighted by Gasteiger charge is -2.24. The van der Waals surface area contributed by atoms with Crippen LogP contribution in [0, 0.1) is 6.92 Å². The predicted octanol–water partition coefficient (Wildman–Crippen LogP) is 2.67. The summed E-state index contributed by atoms with van der Waals surface area (Å²) in [7, 11) is 0. The first-order valence-corrected chi connectivity index (χ1v) is 7.80. The zero-order valence-electron chi connectivity index (χ0n) is 12.0. The third kappa shape index (κ3) is 2.87. The first kappa shape index (κ1) is 13.9. The second-order valence-electron chi connectivity index (χ2n) is 5.08.